The van der Waals surface area contributed by atoms with Crippen molar-refractivity contribution in [3.05, 3.63) is 23.8 Å². The highest BCUT2D eigenvalue weighted by molar-refractivity contribution is 5.97. The zero-order valence-electron chi connectivity index (χ0n) is 13.0. The molecule has 0 radical (unpaired) electrons. The van der Waals surface area contributed by atoms with E-state index >= 15 is 0 Å². The molecule has 0 saturated carbocycles. The van der Waals surface area contributed by atoms with Gasteiger partial charge in [0, 0.05) is 25.2 Å². The predicted octanol–water partition coefficient (Wildman–Crippen LogP) is 1.96. The van der Waals surface area contributed by atoms with Crippen molar-refractivity contribution in [3.63, 3.8) is 0 Å². The summed E-state index contributed by atoms with van der Waals surface area (Å²) < 4.78 is 5.04. The molecule has 1 aliphatic heterocycles. The summed E-state index contributed by atoms with van der Waals surface area (Å²) in [4.78, 5) is 16.7. The highest BCUT2D eigenvalue weighted by atomic mass is 16.5. The van der Waals surface area contributed by atoms with E-state index in [1.807, 2.05) is 4.90 Å². The van der Waals surface area contributed by atoms with Crippen LogP contribution in [0, 0.1) is 0 Å². The second kappa shape index (κ2) is 6.80. The standard InChI is InChI=1S/C16H24N2O3/c1-4-17(5-2)12-8-9-18(11-12)16(20)14-7-6-13(21-3)10-15(14)19/h6-7,10,12,19H,4-5,8-9,11H2,1-3H3. The summed E-state index contributed by atoms with van der Waals surface area (Å²) >= 11 is 0. The number of aromatic hydroxyl groups is 1. The minimum atomic E-state index is -0.107. The first-order chi connectivity index (χ1) is 10.1. The Bertz CT molecular complexity index is 500. The minimum Gasteiger partial charge on any atom is -0.507 e. The van der Waals surface area contributed by atoms with E-state index in [1.54, 1.807) is 12.1 Å². The lowest BCUT2D eigenvalue weighted by Gasteiger charge is -2.26. The molecule has 5 heteroatoms. The van der Waals surface area contributed by atoms with E-state index in [0.29, 0.717) is 17.4 Å². The van der Waals surface area contributed by atoms with Crippen LogP contribution >= 0.6 is 0 Å². The van der Waals surface area contributed by atoms with Crippen LogP contribution in [0.4, 0.5) is 0 Å². The summed E-state index contributed by atoms with van der Waals surface area (Å²) in [6.07, 6.45) is 0.990. The fourth-order valence-electron chi connectivity index (χ4n) is 2.95. The molecule has 2 rings (SSSR count). The van der Waals surface area contributed by atoms with E-state index < -0.39 is 0 Å². The molecular formula is C16H24N2O3. The molecule has 1 aliphatic rings. The topological polar surface area (TPSA) is 53.0 Å². The zero-order chi connectivity index (χ0) is 15.4. The molecule has 5 nitrogen and oxygen atoms in total. The van der Waals surface area contributed by atoms with E-state index in [-0.39, 0.29) is 11.7 Å². The number of phenolic OH excluding ortho intramolecular Hbond substituents is 1. The number of phenols is 1. The first-order valence-electron chi connectivity index (χ1n) is 7.51. The molecule has 0 aliphatic carbocycles. The van der Waals surface area contributed by atoms with Gasteiger partial charge in [-0.25, -0.2) is 0 Å². The van der Waals surface area contributed by atoms with Crippen LogP contribution in [0.15, 0.2) is 18.2 Å². The van der Waals surface area contributed by atoms with E-state index in [0.717, 1.165) is 32.6 Å². The molecule has 1 unspecified atom stereocenters. The van der Waals surface area contributed by atoms with Crippen LogP contribution in [0.25, 0.3) is 0 Å². The summed E-state index contributed by atoms with van der Waals surface area (Å²) in [5.41, 5.74) is 0.344. The molecule has 1 fully saturated rings. The van der Waals surface area contributed by atoms with Crippen molar-refractivity contribution in [1.29, 1.82) is 0 Å². The van der Waals surface area contributed by atoms with Gasteiger partial charge in [0.2, 0.25) is 0 Å². The second-order valence-electron chi connectivity index (χ2n) is 5.30. The fraction of sp³-hybridized carbons (Fsp3) is 0.562. The normalized spacial score (nSPS) is 18.3. The number of hydrogen-bond acceptors (Lipinski definition) is 4. The van der Waals surface area contributed by atoms with E-state index in [1.165, 1.54) is 13.2 Å². The molecule has 116 valence electrons. The van der Waals surface area contributed by atoms with Crippen LogP contribution in [-0.2, 0) is 0 Å². The smallest absolute Gasteiger partial charge is 0.257 e. The summed E-state index contributed by atoms with van der Waals surface area (Å²) in [5.74, 6) is 0.418. The van der Waals surface area contributed by atoms with Crippen molar-refractivity contribution < 1.29 is 14.6 Å². The lowest BCUT2D eigenvalue weighted by Crippen LogP contribution is -2.38. The number of rotatable bonds is 5. The highest BCUT2D eigenvalue weighted by Gasteiger charge is 2.30. The summed E-state index contributed by atoms with van der Waals surface area (Å²) in [6.45, 7) is 7.75. The minimum absolute atomic E-state index is 0.0226. The van der Waals surface area contributed by atoms with Gasteiger partial charge in [-0.15, -0.1) is 0 Å². The fourth-order valence-corrected chi connectivity index (χ4v) is 2.95. The Kier molecular flexibility index (Phi) is 5.07. The average molecular weight is 292 g/mol. The lowest BCUT2D eigenvalue weighted by molar-refractivity contribution is 0.0775. The van der Waals surface area contributed by atoms with E-state index in [2.05, 4.69) is 18.7 Å². The van der Waals surface area contributed by atoms with Gasteiger partial charge in [0.15, 0.2) is 0 Å². The molecule has 1 N–H and O–H groups in total. The van der Waals surface area contributed by atoms with Gasteiger partial charge >= 0.3 is 0 Å². The SMILES string of the molecule is CCN(CC)C1CCN(C(=O)c2ccc(OC)cc2O)C1. The van der Waals surface area contributed by atoms with Crippen LogP contribution in [0.1, 0.15) is 30.6 Å². The maximum Gasteiger partial charge on any atom is 0.257 e. The molecule has 0 aromatic heterocycles. The van der Waals surface area contributed by atoms with Crippen molar-refractivity contribution >= 4 is 5.91 Å². The van der Waals surface area contributed by atoms with Crippen LogP contribution in [0.5, 0.6) is 11.5 Å². The van der Waals surface area contributed by atoms with Gasteiger partial charge in [0.05, 0.1) is 12.7 Å². The van der Waals surface area contributed by atoms with Crippen LogP contribution in [0.2, 0.25) is 0 Å². The van der Waals surface area contributed by atoms with Crippen molar-refractivity contribution in [2.24, 2.45) is 0 Å². The number of ether oxygens (including phenoxy) is 1. The number of likely N-dealkylation sites (N-methyl/N-ethyl adjacent to an activating group) is 1. The molecule has 1 aromatic rings. The average Bonchev–Trinajstić information content (AvgIpc) is 2.97. The van der Waals surface area contributed by atoms with Gasteiger partial charge in [-0.2, -0.15) is 0 Å². The third kappa shape index (κ3) is 3.29. The van der Waals surface area contributed by atoms with E-state index in [9.17, 15) is 9.90 Å². The quantitative estimate of drug-likeness (QED) is 0.901. The molecule has 1 aromatic carbocycles. The Balaban J connectivity index is 2.08. The van der Waals surface area contributed by atoms with Gasteiger partial charge in [0.25, 0.3) is 5.91 Å². The number of hydrogen-bond donors (Lipinski definition) is 1. The molecule has 0 bridgehead atoms. The van der Waals surface area contributed by atoms with Gasteiger partial charge in [-0.05, 0) is 31.6 Å². The molecule has 0 spiro atoms. The Labute approximate surface area is 126 Å². The zero-order valence-corrected chi connectivity index (χ0v) is 13.0. The van der Waals surface area contributed by atoms with Gasteiger partial charge in [-0.1, -0.05) is 13.8 Å². The van der Waals surface area contributed by atoms with Crippen LogP contribution in [-0.4, -0.2) is 60.1 Å². The maximum atomic E-state index is 12.5. The van der Waals surface area contributed by atoms with Crippen LogP contribution in [0.3, 0.4) is 0 Å². The Morgan fingerprint density at radius 2 is 2.14 bits per heavy atom. The first kappa shape index (κ1) is 15.6. The number of amides is 1. The number of carbonyl (C=O) groups is 1. The highest BCUT2D eigenvalue weighted by Crippen LogP contribution is 2.26. The van der Waals surface area contributed by atoms with Crippen molar-refractivity contribution in [2.75, 3.05) is 33.3 Å². The predicted molar refractivity (Wildman–Crippen MR) is 81.9 cm³/mol. The number of benzene rings is 1. The Hall–Kier alpha value is -1.75. The largest absolute Gasteiger partial charge is 0.507 e. The third-order valence-corrected chi connectivity index (χ3v) is 4.21. The van der Waals surface area contributed by atoms with Crippen molar-refractivity contribution in [3.8, 4) is 11.5 Å². The van der Waals surface area contributed by atoms with Gasteiger partial charge < -0.3 is 14.7 Å². The number of likely N-dealkylation sites (tertiary alicyclic amines) is 1. The molecule has 21 heavy (non-hydrogen) atoms. The Morgan fingerprint density at radius 3 is 2.71 bits per heavy atom. The third-order valence-electron chi connectivity index (χ3n) is 4.21. The lowest BCUT2D eigenvalue weighted by atomic mass is 10.1. The number of nitrogens with zero attached hydrogens (tertiary/aromatic N) is 2. The van der Waals surface area contributed by atoms with Crippen molar-refractivity contribution in [1.82, 2.24) is 9.80 Å². The summed E-state index contributed by atoms with van der Waals surface area (Å²) in [5, 5.41) is 9.98. The van der Waals surface area contributed by atoms with E-state index in [4.69, 9.17) is 4.74 Å². The molecular weight excluding hydrogens is 268 g/mol. The second-order valence-corrected chi connectivity index (χ2v) is 5.30. The monoisotopic (exact) mass is 292 g/mol. The molecule has 1 atom stereocenters. The first-order valence-corrected chi connectivity index (χ1v) is 7.51. The summed E-state index contributed by atoms with van der Waals surface area (Å²) in [7, 11) is 1.53. The molecule has 1 heterocycles. The number of carbonyl (C=O) groups excluding carboxylic acids is 1. The molecule has 1 amide bonds. The molecule has 1 saturated heterocycles. The number of methoxy groups -OCH3 is 1. The van der Waals surface area contributed by atoms with Crippen LogP contribution < -0.4 is 4.74 Å². The van der Waals surface area contributed by atoms with Gasteiger partial charge in [-0.3, -0.25) is 9.69 Å². The maximum absolute atomic E-state index is 12.5. The Morgan fingerprint density at radius 1 is 1.43 bits per heavy atom. The summed E-state index contributed by atoms with van der Waals surface area (Å²) in [6, 6.07) is 5.22. The van der Waals surface area contributed by atoms with Gasteiger partial charge in [0.1, 0.15) is 11.5 Å². The van der Waals surface area contributed by atoms with Crippen molar-refractivity contribution in [2.45, 2.75) is 26.3 Å².